The predicted octanol–water partition coefficient (Wildman–Crippen LogP) is 0.798. The lowest BCUT2D eigenvalue weighted by atomic mass is 10.1. The Balaban J connectivity index is 0.000000269. The lowest BCUT2D eigenvalue weighted by Crippen LogP contribution is -2.26. The molecule has 0 bridgehead atoms. The largest absolute Gasteiger partial charge is 0.383 e. The van der Waals surface area contributed by atoms with Crippen molar-refractivity contribution in [2.45, 2.75) is 25.5 Å². The van der Waals surface area contributed by atoms with Crippen molar-refractivity contribution in [3.8, 4) is 18.0 Å². The summed E-state index contributed by atoms with van der Waals surface area (Å²) in [4.78, 5) is 23.8. The second-order valence-electron chi connectivity index (χ2n) is 7.10. The Labute approximate surface area is 180 Å². The number of benzene rings is 1. The zero-order chi connectivity index (χ0) is 21.8. The lowest BCUT2D eigenvalue weighted by Gasteiger charge is -2.25. The fraction of sp³-hybridized carbons (Fsp3) is 0.381. The molecule has 8 nitrogen and oxygen atoms in total. The van der Waals surface area contributed by atoms with Crippen molar-refractivity contribution in [1.29, 1.82) is 0 Å². The number of carbonyl (C=O) groups is 2. The average Bonchev–Trinajstić information content (AvgIpc) is 3.29. The number of aliphatic hydroxyl groups is 1. The van der Waals surface area contributed by atoms with Gasteiger partial charge in [0.2, 0.25) is 0 Å². The van der Waals surface area contributed by atoms with Gasteiger partial charge < -0.3 is 15.7 Å². The molecule has 1 saturated heterocycles. The highest BCUT2D eigenvalue weighted by Gasteiger charge is 2.27. The quantitative estimate of drug-likeness (QED) is 0.555. The van der Waals surface area contributed by atoms with Gasteiger partial charge in [-0.3, -0.25) is 9.59 Å². The lowest BCUT2D eigenvalue weighted by molar-refractivity contribution is -0.133. The number of hydrogen-bond acceptors (Lipinski definition) is 6. The molecular formula is C21H25N5O3S. The van der Waals surface area contributed by atoms with Gasteiger partial charge in [-0.2, -0.15) is 5.10 Å². The molecule has 3 heterocycles. The molecular weight excluding hydrogens is 402 g/mol. The van der Waals surface area contributed by atoms with Crippen molar-refractivity contribution >= 4 is 23.8 Å². The van der Waals surface area contributed by atoms with Crippen LogP contribution in [0.25, 0.3) is 5.69 Å². The van der Waals surface area contributed by atoms with E-state index in [4.69, 9.17) is 17.3 Å². The van der Waals surface area contributed by atoms with Crippen molar-refractivity contribution < 1.29 is 14.7 Å². The van der Waals surface area contributed by atoms with E-state index in [0.29, 0.717) is 25.2 Å². The molecule has 2 amide bonds. The molecule has 0 spiro atoms. The number of aromatic nitrogens is 2. The highest BCUT2D eigenvalue weighted by Crippen LogP contribution is 2.28. The van der Waals surface area contributed by atoms with E-state index in [0.717, 1.165) is 35.5 Å². The van der Waals surface area contributed by atoms with E-state index in [2.05, 4.69) is 15.3 Å². The molecule has 0 aliphatic carbocycles. The highest BCUT2D eigenvalue weighted by atomic mass is 32.2. The number of terminal acetylenes is 1. The van der Waals surface area contributed by atoms with Crippen molar-refractivity contribution in [2.24, 2.45) is 5.73 Å². The number of rotatable bonds is 3. The number of nitrogens with two attached hydrogens (primary N) is 1. The van der Waals surface area contributed by atoms with Crippen LogP contribution >= 0.6 is 11.9 Å². The maximum absolute atomic E-state index is 11.7. The summed E-state index contributed by atoms with van der Waals surface area (Å²) in [5.41, 5.74) is 9.44. The van der Waals surface area contributed by atoms with Gasteiger partial charge in [0.1, 0.15) is 6.10 Å². The molecule has 0 saturated carbocycles. The first-order valence-corrected chi connectivity index (χ1v) is 10.7. The van der Waals surface area contributed by atoms with Crippen LogP contribution < -0.4 is 5.73 Å². The maximum atomic E-state index is 11.7. The minimum Gasteiger partial charge on any atom is -0.383 e. The Bertz CT molecular complexity index is 985. The number of fused-ring (bicyclic) bond motifs is 1. The third kappa shape index (κ3) is 4.51. The van der Waals surface area contributed by atoms with Crippen LogP contribution in [0.5, 0.6) is 0 Å². The molecule has 1 unspecified atom stereocenters. The van der Waals surface area contributed by atoms with E-state index >= 15 is 0 Å². The standard InChI is InChI=1S/C16H16N4OS.C5H9NO2/c1-3-11-5-4-6-12(9-11)20-14-7-8-19(22-2)10-13(14)15(18-20)16(17)21;1-6-3-2-4(7)5(6)8/h1,4-6,9H,7-8,10H2,2H3,(H2,17,21);4,7H,2-3H2,1H3. The van der Waals surface area contributed by atoms with Crippen molar-refractivity contribution in [3.05, 3.63) is 46.8 Å². The molecule has 30 heavy (non-hydrogen) atoms. The number of carbonyl (C=O) groups excluding carboxylic acids is 2. The van der Waals surface area contributed by atoms with Gasteiger partial charge >= 0.3 is 0 Å². The molecule has 1 aromatic heterocycles. The number of primary amides is 1. The molecule has 158 valence electrons. The van der Waals surface area contributed by atoms with E-state index in [-0.39, 0.29) is 5.91 Å². The van der Waals surface area contributed by atoms with Crippen molar-refractivity contribution in [1.82, 2.24) is 19.0 Å². The maximum Gasteiger partial charge on any atom is 0.269 e. The predicted molar refractivity (Wildman–Crippen MR) is 116 cm³/mol. The minimum absolute atomic E-state index is 0.148. The van der Waals surface area contributed by atoms with Gasteiger partial charge in [0.15, 0.2) is 5.69 Å². The van der Waals surface area contributed by atoms with E-state index in [1.165, 1.54) is 4.90 Å². The van der Waals surface area contributed by atoms with E-state index < -0.39 is 12.0 Å². The minimum atomic E-state index is -0.722. The first kappa shape index (κ1) is 21.9. The zero-order valence-electron chi connectivity index (χ0n) is 17.0. The molecule has 2 aromatic rings. The van der Waals surface area contributed by atoms with Gasteiger partial charge in [-0.15, -0.1) is 6.42 Å². The number of nitrogens with zero attached hydrogens (tertiary/aromatic N) is 4. The van der Waals surface area contributed by atoms with Crippen molar-refractivity contribution in [2.75, 3.05) is 26.4 Å². The summed E-state index contributed by atoms with van der Waals surface area (Å²) in [7, 11) is 1.69. The van der Waals surface area contributed by atoms with Crippen LogP contribution in [-0.2, 0) is 17.8 Å². The summed E-state index contributed by atoms with van der Waals surface area (Å²) in [5.74, 6) is 1.98. The SMILES string of the molecule is C#Cc1cccc(-n2nc(C(N)=O)c3c2CCN(SC)C3)c1.CN1CCC(O)C1=O. The van der Waals surface area contributed by atoms with Crippen LogP contribution in [0.2, 0.25) is 0 Å². The first-order valence-electron chi connectivity index (χ1n) is 9.55. The number of hydrogen-bond donors (Lipinski definition) is 2. The second kappa shape index (κ2) is 9.34. The fourth-order valence-corrected chi connectivity index (χ4v) is 4.03. The molecule has 2 aliphatic heterocycles. The molecule has 1 atom stereocenters. The Morgan fingerprint density at radius 2 is 2.17 bits per heavy atom. The fourth-order valence-electron chi connectivity index (χ4n) is 3.49. The smallest absolute Gasteiger partial charge is 0.269 e. The number of amides is 2. The van der Waals surface area contributed by atoms with Crippen LogP contribution in [0.15, 0.2) is 24.3 Å². The molecule has 0 radical (unpaired) electrons. The highest BCUT2D eigenvalue weighted by molar-refractivity contribution is 7.96. The molecule has 9 heteroatoms. The third-order valence-electron chi connectivity index (χ3n) is 5.17. The van der Waals surface area contributed by atoms with Crippen LogP contribution in [0, 0.1) is 12.3 Å². The number of aliphatic hydroxyl groups excluding tert-OH is 1. The van der Waals surface area contributed by atoms with Gasteiger partial charge in [-0.05, 0) is 30.9 Å². The van der Waals surface area contributed by atoms with Crippen LogP contribution in [0.1, 0.15) is 33.7 Å². The monoisotopic (exact) mass is 427 g/mol. The second-order valence-corrected chi connectivity index (χ2v) is 7.99. The normalized spacial score (nSPS) is 18.4. The molecule has 2 aliphatic rings. The molecule has 4 rings (SSSR count). The molecule has 1 fully saturated rings. The van der Waals surface area contributed by atoms with Crippen LogP contribution in [0.3, 0.4) is 0 Å². The van der Waals surface area contributed by atoms with E-state index in [1.54, 1.807) is 23.7 Å². The van der Waals surface area contributed by atoms with E-state index in [1.807, 2.05) is 30.5 Å². The third-order valence-corrected chi connectivity index (χ3v) is 6.00. The Kier molecular flexibility index (Phi) is 6.82. The summed E-state index contributed by atoms with van der Waals surface area (Å²) in [6.07, 6.45) is 8.17. The zero-order valence-corrected chi connectivity index (χ0v) is 17.9. The summed E-state index contributed by atoms with van der Waals surface area (Å²) >= 11 is 1.66. The van der Waals surface area contributed by atoms with Crippen LogP contribution in [-0.4, -0.2) is 68.4 Å². The molecule has 1 aromatic carbocycles. The van der Waals surface area contributed by atoms with Crippen molar-refractivity contribution in [3.63, 3.8) is 0 Å². The Morgan fingerprint density at radius 3 is 2.70 bits per heavy atom. The van der Waals surface area contributed by atoms with Crippen LogP contribution in [0.4, 0.5) is 0 Å². The average molecular weight is 428 g/mol. The van der Waals surface area contributed by atoms with E-state index in [9.17, 15) is 9.59 Å². The Morgan fingerprint density at radius 1 is 1.40 bits per heavy atom. The van der Waals surface area contributed by atoms with Gasteiger partial charge in [0.25, 0.3) is 11.8 Å². The first-order chi connectivity index (χ1) is 14.3. The summed E-state index contributed by atoms with van der Waals surface area (Å²) in [6, 6.07) is 7.57. The number of likely N-dealkylation sites (tertiary alicyclic amines) is 1. The van der Waals surface area contributed by atoms with Gasteiger partial charge in [0, 0.05) is 44.2 Å². The molecule has 3 N–H and O–H groups in total. The van der Waals surface area contributed by atoms with Gasteiger partial charge in [0.05, 0.1) is 11.4 Å². The summed E-state index contributed by atoms with van der Waals surface area (Å²) < 4.78 is 3.99. The number of likely N-dealkylation sites (N-methyl/N-ethyl adjacent to an activating group) is 1. The summed E-state index contributed by atoms with van der Waals surface area (Å²) in [6.45, 7) is 2.27. The topological polar surface area (TPSA) is 105 Å². The Hall–Kier alpha value is -2.80. The van der Waals surface area contributed by atoms with Gasteiger partial charge in [-0.25, -0.2) is 8.99 Å². The summed E-state index contributed by atoms with van der Waals surface area (Å²) in [5, 5.41) is 13.2. The van der Waals surface area contributed by atoms with Gasteiger partial charge in [-0.1, -0.05) is 23.9 Å².